The van der Waals surface area contributed by atoms with Crippen LogP contribution in [-0.4, -0.2) is 55.6 Å². The topological polar surface area (TPSA) is 54.0 Å². The Hall–Kier alpha value is -3.41. The summed E-state index contributed by atoms with van der Waals surface area (Å²) in [6, 6.07) is 6.62. The molecule has 0 radical (unpaired) electrons. The maximum atomic E-state index is 10.1. The Bertz CT molecular complexity index is 1290. The van der Waals surface area contributed by atoms with Crippen LogP contribution in [0.4, 0.5) is 0 Å². The minimum absolute atomic E-state index is 0.0643. The number of allylic oxidation sites excluding steroid dienone is 2. The summed E-state index contributed by atoms with van der Waals surface area (Å²) in [5, 5.41) is 5.05. The third kappa shape index (κ3) is 6.60. The minimum Gasteiger partial charge on any atom is -0.496 e. The number of benzene rings is 1. The molecule has 1 aromatic carbocycles. The molecule has 3 aliphatic rings. The van der Waals surface area contributed by atoms with Crippen molar-refractivity contribution in [3.05, 3.63) is 76.7 Å². The molecular weight excluding hydrogens is 486 g/mol. The monoisotopic (exact) mass is 533 g/mol. The molecule has 0 aliphatic carbocycles. The van der Waals surface area contributed by atoms with Crippen LogP contribution in [0.5, 0.6) is 5.75 Å². The summed E-state index contributed by atoms with van der Waals surface area (Å²) in [6.45, 7) is 24.2. The highest BCUT2D eigenvalue weighted by Gasteiger charge is 2.40. The number of amides is 1. The van der Waals surface area contributed by atoms with E-state index >= 15 is 0 Å². The lowest BCUT2D eigenvalue weighted by Crippen LogP contribution is -2.55. The summed E-state index contributed by atoms with van der Waals surface area (Å²) < 4.78 is 11.6. The van der Waals surface area contributed by atoms with Gasteiger partial charge in [0, 0.05) is 48.8 Å². The summed E-state index contributed by atoms with van der Waals surface area (Å²) in [6.07, 6.45) is 7.10. The highest BCUT2D eigenvalue weighted by molar-refractivity contribution is 5.77. The van der Waals surface area contributed by atoms with Crippen molar-refractivity contribution in [3.63, 3.8) is 0 Å². The van der Waals surface area contributed by atoms with E-state index in [1.54, 1.807) is 7.11 Å². The van der Waals surface area contributed by atoms with Gasteiger partial charge in [-0.2, -0.15) is 0 Å². The molecule has 6 nitrogen and oxygen atoms in total. The average molecular weight is 534 g/mol. The molecule has 0 aromatic heterocycles. The van der Waals surface area contributed by atoms with Gasteiger partial charge >= 0.3 is 0 Å². The van der Waals surface area contributed by atoms with Crippen LogP contribution in [0.2, 0.25) is 0 Å². The maximum Gasteiger partial charge on any atom is 0.220 e. The summed E-state index contributed by atoms with van der Waals surface area (Å²) in [7, 11) is 3.94. The van der Waals surface area contributed by atoms with E-state index in [-0.39, 0.29) is 17.4 Å². The van der Waals surface area contributed by atoms with Crippen molar-refractivity contribution in [1.82, 2.24) is 15.1 Å². The van der Waals surface area contributed by atoms with E-state index in [4.69, 9.17) is 9.47 Å². The molecule has 2 saturated heterocycles. The second kappa shape index (κ2) is 12.6. The third-order valence-electron chi connectivity index (χ3n) is 7.59. The van der Waals surface area contributed by atoms with E-state index in [1.165, 1.54) is 21.7 Å². The summed E-state index contributed by atoms with van der Waals surface area (Å²) in [5.41, 5.74) is 5.59. The number of fused-ring (bicyclic) bond motifs is 1. The lowest BCUT2D eigenvalue weighted by molar-refractivity contribution is -0.119. The molecule has 1 atom stereocenters. The standard InChI is InChI=1S/C29H40N2O2.C4H7NO/c1-11-19(3)27-22(14-13-15-25(27)32-10)28-24-16-20(4)23(21(5)33-12-2)17-31(24)26(18-30(28)9)29(6,7)8;6-4-2-1-3-5-4/h13-17,26H,4-5,11-12,18H2,1-3,6-10H3;1-3H2,(H,5,6)/b27-19?,28-22-;. The number of piperazine rings is 1. The number of nitrogens with one attached hydrogen (secondary N) is 1. The van der Waals surface area contributed by atoms with Crippen LogP contribution in [0.15, 0.2) is 66.2 Å². The number of rotatable bonds is 5. The fourth-order valence-electron chi connectivity index (χ4n) is 5.31. The summed E-state index contributed by atoms with van der Waals surface area (Å²) in [5.74, 6) is 1.78. The van der Waals surface area contributed by atoms with E-state index in [1.807, 2.05) is 6.92 Å². The zero-order chi connectivity index (χ0) is 28.9. The molecular formula is C33H47N3O3. The summed E-state index contributed by atoms with van der Waals surface area (Å²) in [4.78, 5) is 14.9. The molecule has 212 valence electrons. The van der Waals surface area contributed by atoms with Crippen LogP contribution >= 0.6 is 0 Å². The van der Waals surface area contributed by atoms with E-state index in [0.29, 0.717) is 12.4 Å². The fourth-order valence-corrected chi connectivity index (χ4v) is 5.31. The molecule has 1 amide bonds. The Balaban J connectivity index is 0.000000617. The Morgan fingerprint density at radius 2 is 1.95 bits per heavy atom. The van der Waals surface area contributed by atoms with Crippen molar-refractivity contribution in [2.24, 2.45) is 5.41 Å². The molecule has 0 saturated carbocycles. The van der Waals surface area contributed by atoms with Crippen molar-refractivity contribution in [1.29, 1.82) is 0 Å². The molecule has 0 bridgehead atoms. The van der Waals surface area contributed by atoms with Gasteiger partial charge in [0.05, 0.1) is 31.2 Å². The molecule has 3 aliphatic heterocycles. The molecule has 6 heteroatoms. The maximum absolute atomic E-state index is 10.1. The molecule has 0 spiro atoms. The Kier molecular flexibility index (Phi) is 9.76. The van der Waals surface area contributed by atoms with Gasteiger partial charge in [-0.1, -0.05) is 58.6 Å². The largest absolute Gasteiger partial charge is 0.496 e. The van der Waals surface area contributed by atoms with Gasteiger partial charge in [-0.3, -0.25) is 4.79 Å². The van der Waals surface area contributed by atoms with Gasteiger partial charge in [0.15, 0.2) is 0 Å². The molecule has 1 aromatic rings. The number of methoxy groups -OCH3 is 1. The minimum atomic E-state index is 0.0643. The molecule has 2 fully saturated rings. The number of hydrogen-bond donors (Lipinski definition) is 1. The van der Waals surface area contributed by atoms with E-state index in [0.717, 1.165) is 54.9 Å². The van der Waals surface area contributed by atoms with Crippen LogP contribution in [0.1, 0.15) is 60.8 Å². The highest BCUT2D eigenvalue weighted by atomic mass is 16.5. The van der Waals surface area contributed by atoms with Gasteiger partial charge < -0.3 is 24.6 Å². The predicted molar refractivity (Wildman–Crippen MR) is 161 cm³/mol. The van der Waals surface area contributed by atoms with E-state index < -0.39 is 0 Å². The van der Waals surface area contributed by atoms with Crippen LogP contribution in [0, 0.1) is 5.41 Å². The zero-order valence-electron chi connectivity index (χ0n) is 25.2. The van der Waals surface area contributed by atoms with Crippen LogP contribution in [-0.2, 0) is 9.53 Å². The Morgan fingerprint density at radius 1 is 1.23 bits per heavy atom. The normalized spacial score (nSPS) is 21.2. The number of hydrogen-bond acceptors (Lipinski definition) is 5. The van der Waals surface area contributed by atoms with Gasteiger partial charge in [-0.15, -0.1) is 0 Å². The molecule has 1 unspecified atom stereocenters. The van der Waals surface area contributed by atoms with Gasteiger partial charge in [0.1, 0.15) is 11.5 Å². The van der Waals surface area contributed by atoms with Crippen molar-refractivity contribution in [3.8, 4) is 5.75 Å². The van der Waals surface area contributed by atoms with E-state index in [9.17, 15) is 4.79 Å². The predicted octanol–water partition coefficient (Wildman–Crippen LogP) is 4.83. The smallest absolute Gasteiger partial charge is 0.220 e. The fraction of sp³-hybridized carbons (Fsp3) is 0.485. The number of likely N-dealkylation sites (N-methyl/N-ethyl adjacent to an activating group) is 1. The van der Waals surface area contributed by atoms with Gasteiger partial charge in [0.25, 0.3) is 0 Å². The first-order chi connectivity index (χ1) is 18.4. The van der Waals surface area contributed by atoms with Crippen LogP contribution in [0.3, 0.4) is 0 Å². The number of ether oxygens (including phenoxy) is 2. The van der Waals surface area contributed by atoms with E-state index in [2.05, 4.69) is 100 Å². The molecule has 3 heterocycles. The van der Waals surface area contributed by atoms with Crippen molar-refractivity contribution in [2.45, 2.75) is 66.8 Å². The lowest BCUT2D eigenvalue weighted by atomic mass is 9.82. The van der Waals surface area contributed by atoms with Crippen molar-refractivity contribution < 1.29 is 14.3 Å². The van der Waals surface area contributed by atoms with Crippen LogP contribution in [0.25, 0.3) is 11.3 Å². The first kappa shape index (κ1) is 30.1. The van der Waals surface area contributed by atoms with Crippen LogP contribution < -0.4 is 20.5 Å². The first-order valence-corrected chi connectivity index (χ1v) is 14.0. The first-order valence-electron chi connectivity index (χ1n) is 14.0. The van der Waals surface area contributed by atoms with Gasteiger partial charge in [0.2, 0.25) is 5.91 Å². The molecule has 4 rings (SSSR count). The molecule has 39 heavy (non-hydrogen) atoms. The Morgan fingerprint density at radius 3 is 2.46 bits per heavy atom. The number of nitrogens with zero attached hydrogens (tertiary/aromatic N) is 2. The van der Waals surface area contributed by atoms with Crippen molar-refractivity contribution in [2.75, 3.05) is 33.9 Å². The third-order valence-corrected chi connectivity index (χ3v) is 7.59. The quantitative estimate of drug-likeness (QED) is 0.550. The van der Waals surface area contributed by atoms with Crippen molar-refractivity contribution >= 4 is 17.2 Å². The molecule has 1 N–H and O–H groups in total. The highest BCUT2D eigenvalue weighted by Crippen LogP contribution is 2.41. The number of carbonyl (C=O) groups excluding carboxylic acids is 1. The second-order valence-electron chi connectivity index (χ2n) is 11.4. The average Bonchev–Trinajstić information content (AvgIpc) is 3.37. The Labute approximate surface area is 235 Å². The SMILES string of the molecule is C=C1C=C2/C(=c3\cccc(OC)c3=C(C)CC)N(C)CC(C(C)(C)C)N2C=C1C(=C)OCC.O=C1CCCN1. The second-order valence-corrected chi connectivity index (χ2v) is 11.4. The van der Waals surface area contributed by atoms with Gasteiger partial charge in [-0.05, 0) is 49.8 Å². The van der Waals surface area contributed by atoms with Gasteiger partial charge in [-0.25, -0.2) is 0 Å². The zero-order valence-corrected chi connectivity index (χ0v) is 25.2. The summed E-state index contributed by atoms with van der Waals surface area (Å²) >= 11 is 0. The lowest BCUT2D eigenvalue weighted by Gasteiger charge is -2.50. The number of carbonyl (C=O) groups is 1.